The van der Waals surface area contributed by atoms with E-state index in [-0.39, 0.29) is 16.1 Å². The molecule has 1 unspecified atom stereocenters. The Balaban J connectivity index is 2.26. The first-order valence-corrected chi connectivity index (χ1v) is 7.85. The van der Waals surface area contributed by atoms with Gasteiger partial charge in [0.2, 0.25) is 0 Å². The predicted octanol–water partition coefficient (Wildman–Crippen LogP) is 6.00. The molecule has 0 aliphatic carbocycles. The standard InChI is InChI=1S/C18H20BrF/c1-4-18(2,3)15-10-8-13(9-11-15)17(19)14-6-5-7-16(20)12-14/h5-12,17H,4H2,1-3H3. The second-order valence-corrected chi connectivity index (χ2v) is 6.69. The quantitative estimate of drug-likeness (QED) is 0.601. The van der Waals surface area contributed by atoms with Crippen molar-refractivity contribution in [2.75, 3.05) is 0 Å². The number of rotatable bonds is 4. The van der Waals surface area contributed by atoms with Crippen LogP contribution in [0.3, 0.4) is 0 Å². The number of alkyl halides is 1. The Morgan fingerprint density at radius 1 is 1.05 bits per heavy atom. The molecule has 0 radical (unpaired) electrons. The molecular weight excluding hydrogens is 315 g/mol. The first kappa shape index (κ1) is 15.2. The fourth-order valence-electron chi connectivity index (χ4n) is 2.16. The highest BCUT2D eigenvalue weighted by atomic mass is 79.9. The summed E-state index contributed by atoms with van der Waals surface area (Å²) in [6.07, 6.45) is 1.11. The highest BCUT2D eigenvalue weighted by Crippen LogP contribution is 2.33. The lowest BCUT2D eigenvalue weighted by molar-refractivity contribution is 0.506. The minimum absolute atomic E-state index is 0.0250. The Labute approximate surface area is 129 Å². The SMILES string of the molecule is CCC(C)(C)c1ccc(C(Br)c2cccc(F)c2)cc1. The van der Waals surface area contributed by atoms with E-state index in [1.165, 1.54) is 11.6 Å². The van der Waals surface area contributed by atoms with Gasteiger partial charge in [0.05, 0.1) is 4.83 Å². The molecule has 1 atom stereocenters. The Morgan fingerprint density at radius 3 is 2.25 bits per heavy atom. The summed E-state index contributed by atoms with van der Waals surface area (Å²) in [5.41, 5.74) is 3.61. The second-order valence-electron chi connectivity index (χ2n) is 5.78. The normalized spacial score (nSPS) is 13.2. The van der Waals surface area contributed by atoms with Gasteiger partial charge >= 0.3 is 0 Å². The average Bonchev–Trinajstić information content (AvgIpc) is 2.46. The summed E-state index contributed by atoms with van der Waals surface area (Å²) in [6, 6.07) is 15.3. The lowest BCUT2D eigenvalue weighted by Gasteiger charge is -2.24. The van der Waals surface area contributed by atoms with Gasteiger partial charge in [-0.1, -0.05) is 73.1 Å². The zero-order chi connectivity index (χ0) is 14.8. The topological polar surface area (TPSA) is 0 Å². The maximum absolute atomic E-state index is 13.3. The maximum atomic E-state index is 13.3. The summed E-state index contributed by atoms with van der Waals surface area (Å²) in [4.78, 5) is 0.0250. The van der Waals surface area contributed by atoms with Crippen LogP contribution in [0.4, 0.5) is 4.39 Å². The molecule has 2 aromatic carbocycles. The number of benzene rings is 2. The smallest absolute Gasteiger partial charge is 0.123 e. The van der Waals surface area contributed by atoms with Crippen molar-refractivity contribution in [3.8, 4) is 0 Å². The largest absolute Gasteiger partial charge is 0.207 e. The second kappa shape index (κ2) is 6.09. The van der Waals surface area contributed by atoms with Crippen LogP contribution in [0.15, 0.2) is 48.5 Å². The van der Waals surface area contributed by atoms with Gasteiger partial charge in [-0.3, -0.25) is 0 Å². The van der Waals surface area contributed by atoms with E-state index in [9.17, 15) is 4.39 Å². The first-order chi connectivity index (χ1) is 9.44. The van der Waals surface area contributed by atoms with Crippen molar-refractivity contribution in [1.29, 1.82) is 0 Å². The predicted molar refractivity (Wildman–Crippen MR) is 86.9 cm³/mol. The zero-order valence-corrected chi connectivity index (χ0v) is 13.7. The van der Waals surface area contributed by atoms with Crippen molar-refractivity contribution >= 4 is 15.9 Å². The Bertz CT molecular complexity index is 572. The van der Waals surface area contributed by atoms with E-state index in [1.54, 1.807) is 12.1 Å². The minimum atomic E-state index is -0.198. The lowest BCUT2D eigenvalue weighted by Crippen LogP contribution is -2.15. The summed E-state index contributed by atoms with van der Waals surface area (Å²) in [5, 5.41) is 0. The van der Waals surface area contributed by atoms with Crippen molar-refractivity contribution in [2.45, 2.75) is 37.4 Å². The number of hydrogen-bond acceptors (Lipinski definition) is 0. The zero-order valence-electron chi connectivity index (χ0n) is 12.2. The molecule has 0 amide bonds. The fraction of sp³-hybridized carbons (Fsp3) is 0.333. The summed E-state index contributed by atoms with van der Waals surface area (Å²) in [6.45, 7) is 6.70. The molecule has 20 heavy (non-hydrogen) atoms. The number of halogens is 2. The number of hydrogen-bond donors (Lipinski definition) is 0. The van der Waals surface area contributed by atoms with Gasteiger partial charge in [-0.25, -0.2) is 4.39 Å². The highest BCUT2D eigenvalue weighted by Gasteiger charge is 2.18. The van der Waals surface area contributed by atoms with Crippen LogP contribution < -0.4 is 0 Å². The fourth-order valence-corrected chi connectivity index (χ4v) is 2.75. The third-order valence-corrected chi connectivity index (χ3v) is 5.07. The summed E-state index contributed by atoms with van der Waals surface area (Å²) in [5.74, 6) is -0.198. The van der Waals surface area contributed by atoms with Crippen LogP contribution in [0, 0.1) is 5.82 Å². The molecule has 0 saturated carbocycles. The molecule has 0 fully saturated rings. The van der Waals surface area contributed by atoms with Crippen LogP contribution in [0.25, 0.3) is 0 Å². The summed E-state index contributed by atoms with van der Waals surface area (Å²) < 4.78 is 13.3. The van der Waals surface area contributed by atoms with Crippen LogP contribution in [0.1, 0.15) is 48.7 Å². The maximum Gasteiger partial charge on any atom is 0.123 e. The molecule has 2 rings (SSSR count). The molecule has 2 aromatic rings. The third kappa shape index (κ3) is 3.29. The summed E-state index contributed by atoms with van der Waals surface area (Å²) >= 11 is 3.65. The van der Waals surface area contributed by atoms with Crippen LogP contribution in [-0.2, 0) is 5.41 Å². The lowest BCUT2D eigenvalue weighted by atomic mass is 9.82. The van der Waals surface area contributed by atoms with E-state index in [2.05, 4.69) is 61.0 Å². The molecule has 0 nitrogen and oxygen atoms in total. The Hall–Kier alpha value is -1.15. The van der Waals surface area contributed by atoms with Crippen molar-refractivity contribution in [2.24, 2.45) is 0 Å². The first-order valence-electron chi connectivity index (χ1n) is 6.94. The Morgan fingerprint density at radius 2 is 1.70 bits per heavy atom. The minimum Gasteiger partial charge on any atom is -0.207 e. The molecule has 0 aliphatic rings. The van der Waals surface area contributed by atoms with Crippen LogP contribution in [-0.4, -0.2) is 0 Å². The van der Waals surface area contributed by atoms with E-state index >= 15 is 0 Å². The van der Waals surface area contributed by atoms with Gasteiger partial charge in [0.15, 0.2) is 0 Å². The van der Waals surface area contributed by atoms with Gasteiger partial charge in [0, 0.05) is 0 Å². The van der Waals surface area contributed by atoms with Crippen LogP contribution in [0.2, 0.25) is 0 Å². The molecule has 0 spiro atoms. The third-order valence-electron chi connectivity index (χ3n) is 4.01. The molecular formula is C18H20BrF. The average molecular weight is 335 g/mol. The van der Waals surface area contributed by atoms with Gasteiger partial charge < -0.3 is 0 Å². The van der Waals surface area contributed by atoms with Gasteiger partial charge in [0.25, 0.3) is 0 Å². The van der Waals surface area contributed by atoms with E-state index < -0.39 is 0 Å². The Kier molecular flexibility index (Phi) is 4.64. The van der Waals surface area contributed by atoms with E-state index in [4.69, 9.17) is 0 Å². The van der Waals surface area contributed by atoms with E-state index in [0.29, 0.717) is 0 Å². The molecule has 0 aromatic heterocycles. The molecule has 2 heteroatoms. The van der Waals surface area contributed by atoms with Gasteiger partial charge in [0.1, 0.15) is 5.82 Å². The highest BCUT2D eigenvalue weighted by molar-refractivity contribution is 9.09. The van der Waals surface area contributed by atoms with Crippen LogP contribution >= 0.6 is 15.9 Å². The van der Waals surface area contributed by atoms with Crippen molar-refractivity contribution in [3.63, 3.8) is 0 Å². The summed E-state index contributed by atoms with van der Waals surface area (Å²) in [7, 11) is 0. The van der Waals surface area contributed by atoms with E-state index in [1.807, 2.05) is 6.07 Å². The van der Waals surface area contributed by atoms with E-state index in [0.717, 1.165) is 17.5 Å². The molecule has 0 N–H and O–H groups in total. The van der Waals surface area contributed by atoms with Crippen molar-refractivity contribution in [3.05, 3.63) is 71.0 Å². The molecule has 0 bridgehead atoms. The van der Waals surface area contributed by atoms with Gasteiger partial charge in [-0.05, 0) is 40.7 Å². The van der Waals surface area contributed by atoms with Gasteiger partial charge in [-0.15, -0.1) is 0 Å². The molecule has 106 valence electrons. The molecule has 0 heterocycles. The monoisotopic (exact) mass is 334 g/mol. The van der Waals surface area contributed by atoms with Crippen molar-refractivity contribution in [1.82, 2.24) is 0 Å². The van der Waals surface area contributed by atoms with Crippen molar-refractivity contribution < 1.29 is 4.39 Å². The van der Waals surface area contributed by atoms with Gasteiger partial charge in [-0.2, -0.15) is 0 Å². The van der Waals surface area contributed by atoms with Crippen LogP contribution in [0.5, 0.6) is 0 Å². The molecule has 0 aliphatic heterocycles. The molecule has 0 saturated heterocycles.